The van der Waals surface area contributed by atoms with E-state index < -0.39 is 0 Å². The van der Waals surface area contributed by atoms with Gasteiger partial charge in [-0.3, -0.25) is 0 Å². The molecule has 0 aliphatic heterocycles. The molecule has 0 radical (unpaired) electrons. The minimum absolute atomic E-state index is 0.495. The minimum atomic E-state index is 0.495. The van der Waals surface area contributed by atoms with Gasteiger partial charge in [-0.2, -0.15) is 0 Å². The largest absolute Gasteiger partial charge is 0.383 e. The summed E-state index contributed by atoms with van der Waals surface area (Å²) in [5, 5.41) is 0.874. The molecule has 0 saturated carbocycles. The molecular formula is C12H8ClN3S. The number of nitrogens with zero attached hydrogens (tertiary/aromatic N) is 2. The van der Waals surface area contributed by atoms with E-state index in [9.17, 15) is 0 Å². The highest BCUT2D eigenvalue weighted by atomic mass is 35.5. The maximum atomic E-state index is 5.92. The lowest BCUT2D eigenvalue weighted by molar-refractivity contribution is 1.25. The first kappa shape index (κ1) is 10.5. The summed E-state index contributed by atoms with van der Waals surface area (Å²) < 4.78 is 0.718. The zero-order valence-electron chi connectivity index (χ0n) is 8.72. The number of hydrogen-bond acceptors (Lipinski definition) is 4. The van der Waals surface area contributed by atoms with E-state index in [4.69, 9.17) is 17.3 Å². The number of nitrogen functional groups attached to an aromatic ring is 1. The molecule has 3 rings (SSSR count). The monoisotopic (exact) mass is 261 g/mol. The summed E-state index contributed by atoms with van der Waals surface area (Å²) in [7, 11) is 0. The van der Waals surface area contributed by atoms with Crippen LogP contribution in [0.1, 0.15) is 0 Å². The van der Waals surface area contributed by atoms with Gasteiger partial charge in [0.2, 0.25) is 0 Å². The molecule has 3 aromatic rings. The molecule has 84 valence electrons. The highest BCUT2D eigenvalue weighted by Gasteiger charge is 2.08. The van der Waals surface area contributed by atoms with Crippen LogP contribution in [-0.4, -0.2) is 9.97 Å². The average molecular weight is 262 g/mol. The van der Waals surface area contributed by atoms with E-state index in [1.807, 2.05) is 36.4 Å². The number of aromatic nitrogens is 2. The molecule has 0 unspecified atom stereocenters. The van der Waals surface area contributed by atoms with Crippen LogP contribution in [0.2, 0.25) is 4.34 Å². The fraction of sp³-hybridized carbons (Fsp3) is 0. The third kappa shape index (κ3) is 1.85. The molecular weight excluding hydrogens is 254 g/mol. The molecule has 5 heteroatoms. The summed E-state index contributed by atoms with van der Waals surface area (Å²) in [4.78, 5) is 9.71. The second-order valence-corrected chi connectivity index (χ2v) is 5.27. The molecule has 0 spiro atoms. The Labute approximate surface area is 107 Å². The van der Waals surface area contributed by atoms with Crippen molar-refractivity contribution in [2.75, 3.05) is 5.73 Å². The molecule has 0 atom stereocenters. The smallest absolute Gasteiger partial charge is 0.172 e. The summed E-state index contributed by atoms with van der Waals surface area (Å²) >= 11 is 7.34. The molecule has 0 aliphatic carbocycles. The van der Waals surface area contributed by atoms with E-state index in [-0.39, 0.29) is 0 Å². The Balaban J connectivity index is 2.25. The first-order chi connectivity index (χ1) is 8.24. The molecule has 0 amide bonds. The molecule has 2 N–H and O–H groups in total. The van der Waals surface area contributed by atoms with Gasteiger partial charge in [-0.05, 0) is 24.3 Å². The molecule has 2 heterocycles. The lowest BCUT2D eigenvalue weighted by Crippen LogP contribution is -1.96. The van der Waals surface area contributed by atoms with Gasteiger partial charge in [0, 0.05) is 5.39 Å². The van der Waals surface area contributed by atoms with E-state index >= 15 is 0 Å². The Morgan fingerprint density at radius 2 is 1.88 bits per heavy atom. The van der Waals surface area contributed by atoms with Crippen LogP contribution in [-0.2, 0) is 0 Å². The molecule has 1 aromatic carbocycles. The third-order valence-electron chi connectivity index (χ3n) is 2.43. The fourth-order valence-electron chi connectivity index (χ4n) is 1.65. The van der Waals surface area contributed by atoms with E-state index in [1.165, 1.54) is 11.3 Å². The Hall–Kier alpha value is -1.65. The van der Waals surface area contributed by atoms with Crippen molar-refractivity contribution in [3.8, 4) is 10.7 Å². The van der Waals surface area contributed by atoms with Crippen LogP contribution in [0.25, 0.3) is 21.6 Å². The van der Waals surface area contributed by atoms with Crippen LogP contribution in [0.3, 0.4) is 0 Å². The van der Waals surface area contributed by atoms with E-state index in [0.717, 1.165) is 20.1 Å². The van der Waals surface area contributed by atoms with Crippen molar-refractivity contribution >= 4 is 39.7 Å². The first-order valence-electron chi connectivity index (χ1n) is 5.02. The van der Waals surface area contributed by atoms with Gasteiger partial charge in [0.1, 0.15) is 5.82 Å². The molecule has 17 heavy (non-hydrogen) atoms. The number of thiophene rings is 1. The van der Waals surface area contributed by atoms with Gasteiger partial charge >= 0.3 is 0 Å². The van der Waals surface area contributed by atoms with Gasteiger partial charge in [0.15, 0.2) is 5.82 Å². The zero-order chi connectivity index (χ0) is 11.8. The van der Waals surface area contributed by atoms with Crippen LogP contribution in [0.5, 0.6) is 0 Å². The summed E-state index contributed by atoms with van der Waals surface area (Å²) in [6.07, 6.45) is 0. The predicted molar refractivity (Wildman–Crippen MR) is 72.3 cm³/mol. The number of para-hydroxylation sites is 1. The molecule has 3 nitrogen and oxygen atoms in total. The summed E-state index contributed by atoms with van der Waals surface area (Å²) in [6, 6.07) is 11.4. The second kappa shape index (κ2) is 3.98. The predicted octanol–water partition coefficient (Wildman–Crippen LogP) is 3.59. The molecule has 0 saturated heterocycles. The number of rotatable bonds is 1. The number of hydrogen-bond donors (Lipinski definition) is 1. The summed E-state index contributed by atoms with van der Waals surface area (Å²) in [5.74, 6) is 1.12. The van der Waals surface area contributed by atoms with E-state index in [2.05, 4.69) is 9.97 Å². The zero-order valence-corrected chi connectivity index (χ0v) is 10.3. The lowest BCUT2D eigenvalue weighted by Gasteiger charge is -2.03. The highest BCUT2D eigenvalue weighted by molar-refractivity contribution is 7.19. The lowest BCUT2D eigenvalue weighted by atomic mass is 10.2. The molecule has 2 aromatic heterocycles. The van der Waals surface area contributed by atoms with Crippen molar-refractivity contribution in [2.45, 2.75) is 0 Å². The van der Waals surface area contributed by atoms with E-state index in [0.29, 0.717) is 11.6 Å². The first-order valence-corrected chi connectivity index (χ1v) is 6.21. The van der Waals surface area contributed by atoms with Crippen molar-refractivity contribution in [1.29, 1.82) is 0 Å². The van der Waals surface area contributed by atoms with Crippen molar-refractivity contribution in [3.05, 3.63) is 40.7 Å². The standard InChI is InChI=1S/C12H8ClN3S/c13-10-6-5-9(17-10)12-15-8-4-2-1-3-7(8)11(14)16-12/h1-6H,(H2,14,15,16). The van der Waals surface area contributed by atoms with Crippen molar-refractivity contribution in [1.82, 2.24) is 9.97 Å². The Bertz CT molecular complexity index is 693. The van der Waals surface area contributed by atoms with Crippen molar-refractivity contribution in [2.24, 2.45) is 0 Å². The van der Waals surface area contributed by atoms with Crippen LogP contribution < -0.4 is 5.73 Å². The Kier molecular flexibility index (Phi) is 2.46. The quantitative estimate of drug-likeness (QED) is 0.728. The van der Waals surface area contributed by atoms with Crippen LogP contribution >= 0.6 is 22.9 Å². The van der Waals surface area contributed by atoms with Gasteiger partial charge in [0.05, 0.1) is 14.7 Å². The van der Waals surface area contributed by atoms with E-state index in [1.54, 1.807) is 0 Å². The third-order valence-corrected chi connectivity index (χ3v) is 3.65. The number of benzene rings is 1. The Morgan fingerprint density at radius 1 is 1.06 bits per heavy atom. The number of fused-ring (bicyclic) bond motifs is 1. The number of halogens is 1. The maximum Gasteiger partial charge on any atom is 0.172 e. The summed E-state index contributed by atoms with van der Waals surface area (Å²) in [5.41, 5.74) is 6.77. The van der Waals surface area contributed by atoms with Gasteiger partial charge in [-0.25, -0.2) is 9.97 Å². The number of anilines is 1. The molecule has 0 bridgehead atoms. The van der Waals surface area contributed by atoms with Crippen molar-refractivity contribution in [3.63, 3.8) is 0 Å². The maximum absolute atomic E-state index is 5.92. The SMILES string of the molecule is Nc1nc(-c2ccc(Cl)s2)nc2ccccc12. The van der Waals surface area contributed by atoms with Gasteiger partial charge in [0.25, 0.3) is 0 Å². The molecule has 0 aliphatic rings. The van der Waals surface area contributed by atoms with Crippen molar-refractivity contribution < 1.29 is 0 Å². The number of nitrogens with two attached hydrogens (primary N) is 1. The second-order valence-electron chi connectivity index (χ2n) is 3.55. The van der Waals surface area contributed by atoms with Crippen LogP contribution in [0, 0.1) is 0 Å². The van der Waals surface area contributed by atoms with Gasteiger partial charge in [-0.15, -0.1) is 11.3 Å². The average Bonchev–Trinajstić information content (AvgIpc) is 2.76. The summed E-state index contributed by atoms with van der Waals surface area (Å²) in [6.45, 7) is 0. The minimum Gasteiger partial charge on any atom is -0.383 e. The van der Waals surface area contributed by atoms with Crippen LogP contribution in [0.15, 0.2) is 36.4 Å². The van der Waals surface area contributed by atoms with Gasteiger partial charge in [-0.1, -0.05) is 23.7 Å². The van der Waals surface area contributed by atoms with Gasteiger partial charge < -0.3 is 5.73 Å². The normalized spacial score (nSPS) is 10.9. The fourth-order valence-corrected chi connectivity index (χ4v) is 2.62. The topological polar surface area (TPSA) is 51.8 Å². The van der Waals surface area contributed by atoms with Crippen LogP contribution in [0.4, 0.5) is 5.82 Å². The Morgan fingerprint density at radius 3 is 2.65 bits per heavy atom. The molecule has 0 fully saturated rings. The highest BCUT2D eigenvalue weighted by Crippen LogP contribution is 2.30.